The number of nitro groups is 1. The van der Waals surface area contributed by atoms with Gasteiger partial charge in [0, 0.05) is 41.5 Å². The van der Waals surface area contributed by atoms with E-state index >= 15 is 4.79 Å². The third kappa shape index (κ3) is 24.7. The molecule has 0 atom stereocenters. The zero-order valence-electron chi connectivity index (χ0n) is 64.4. The molecule has 1 saturated heterocycles. The molecule has 1 aliphatic heterocycles. The normalized spacial score (nSPS) is 12.9. The lowest BCUT2D eigenvalue weighted by molar-refractivity contribution is -0.384. The molecule has 0 unspecified atom stereocenters. The number of rotatable bonds is 50. The van der Waals surface area contributed by atoms with Crippen molar-refractivity contribution in [1.29, 1.82) is 0 Å². The molecule has 0 radical (unpaired) electrons. The number of unbranched alkanes of at least 4 members (excludes halogenated alkanes) is 33. The number of carbonyl (C=O) groups excluding carboxylic acids is 3. The average Bonchev–Trinajstić information content (AvgIpc) is 1.00. The van der Waals surface area contributed by atoms with E-state index in [0.717, 1.165) is 99.1 Å². The summed E-state index contributed by atoms with van der Waals surface area (Å²) in [6.07, 6.45) is 47.5. The molecule has 0 spiro atoms. The molecule has 1 aliphatic rings. The molecule has 3 amide bonds. The summed E-state index contributed by atoms with van der Waals surface area (Å²) < 4.78 is 20.5. The maximum absolute atomic E-state index is 15.6. The van der Waals surface area contributed by atoms with E-state index in [1.165, 1.54) is 205 Å². The fourth-order valence-electron chi connectivity index (χ4n) is 15.6. The van der Waals surface area contributed by atoms with Gasteiger partial charge in [0.05, 0.1) is 36.5 Å². The molecule has 7 aromatic rings. The van der Waals surface area contributed by atoms with Crippen LogP contribution < -0.4 is 24.8 Å². The number of hydrogen-bond donors (Lipinski definition) is 3. The predicted molar refractivity (Wildman–Crippen MR) is 429 cm³/mol. The van der Waals surface area contributed by atoms with E-state index < -0.39 is 16.2 Å². The number of likely N-dealkylation sites (tertiary alicyclic amines) is 1. The molecule has 13 heteroatoms. The SMILES string of the molecule is CCCCCCCCCCCCCCOc1cc(C(=O)N2CCC(c3cc(C)c(NC(=O)c4cc([N+](=O)[O-])c[nH]4)c(C)c3)(c3cc(C)c(NC(=O)c4c5ccccc5cc5ccccc45)c(C)c3)CC2)cc(OCCCCCCCCCCCCCC)c1OCCCCCCCCCCCCCC. The third-order valence-corrected chi connectivity index (χ3v) is 21.7. The first-order valence-corrected chi connectivity index (χ1v) is 40.7. The van der Waals surface area contributed by atoms with Gasteiger partial charge in [-0.15, -0.1) is 0 Å². The molecule has 6 aromatic carbocycles. The van der Waals surface area contributed by atoms with Gasteiger partial charge < -0.3 is 34.7 Å². The molecular formula is C90H127N5O8. The van der Waals surface area contributed by atoms with E-state index in [4.69, 9.17) is 14.2 Å². The molecule has 0 saturated carbocycles. The highest BCUT2D eigenvalue weighted by atomic mass is 16.6. The maximum atomic E-state index is 15.6. The second kappa shape index (κ2) is 44.2. The number of H-pyrrole nitrogens is 1. The van der Waals surface area contributed by atoms with Crippen LogP contribution in [0.15, 0.2) is 103 Å². The number of benzene rings is 6. The number of ether oxygens (including phenoxy) is 3. The lowest BCUT2D eigenvalue weighted by Crippen LogP contribution is -2.46. The molecular weight excluding hydrogens is 1280 g/mol. The maximum Gasteiger partial charge on any atom is 0.287 e. The summed E-state index contributed by atoms with van der Waals surface area (Å²) in [6.45, 7) is 17.4. The Balaban J connectivity index is 1.05. The van der Waals surface area contributed by atoms with Crippen LogP contribution in [0, 0.1) is 37.8 Å². The minimum Gasteiger partial charge on any atom is -0.490 e. The molecule has 3 N–H and O–H groups in total. The minimum atomic E-state index is -0.616. The van der Waals surface area contributed by atoms with Crippen LogP contribution >= 0.6 is 0 Å². The van der Waals surface area contributed by atoms with Crippen molar-refractivity contribution in [2.45, 2.75) is 298 Å². The Morgan fingerprint density at radius 3 is 1.17 bits per heavy atom. The van der Waals surface area contributed by atoms with Gasteiger partial charge in [-0.05, 0) is 133 Å². The fraction of sp³-hybridized carbons (Fsp3) is 0.567. The van der Waals surface area contributed by atoms with Crippen LogP contribution in [0.4, 0.5) is 17.1 Å². The fourth-order valence-corrected chi connectivity index (χ4v) is 15.6. The molecule has 1 aromatic heterocycles. The van der Waals surface area contributed by atoms with Crippen molar-refractivity contribution in [3.63, 3.8) is 0 Å². The molecule has 8 rings (SSSR count). The largest absolute Gasteiger partial charge is 0.490 e. The van der Waals surface area contributed by atoms with Crippen molar-refractivity contribution in [1.82, 2.24) is 9.88 Å². The quantitative estimate of drug-likeness (QED) is 0.0147. The Morgan fingerprint density at radius 2 is 0.806 bits per heavy atom. The van der Waals surface area contributed by atoms with Crippen LogP contribution in [0.3, 0.4) is 0 Å². The van der Waals surface area contributed by atoms with Gasteiger partial charge in [0.2, 0.25) is 5.75 Å². The summed E-state index contributed by atoms with van der Waals surface area (Å²) in [4.78, 5) is 59.9. The summed E-state index contributed by atoms with van der Waals surface area (Å²) in [5.41, 5.74) is 7.38. The molecule has 0 bridgehead atoms. The number of hydrogen-bond acceptors (Lipinski definition) is 8. The number of fused-ring (bicyclic) bond motifs is 2. The monoisotopic (exact) mass is 1410 g/mol. The van der Waals surface area contributed by atoms with Crippen LogP contribution in [-0.2, 0) is 5.41 Å². The average molecular weight is 1410 g/mol. The topological polar surface area (TPSA) is 165 Å². The van der Waals surface area contributed by atoms with Crippen LogP contribution in [-0.4, -0.2) is 65.4 Å². The van der Waals surface area contributed by atoms with Gasteiger partial charge in [-0.3, -0.25) is 24.5 Å². The van der Waals surface area contributed by atoms with Crippen molar-refractivity contribution in [3.8, 4) is 17.2 Å². The summed E-state index contributed by atoms with van der Waals surface area (Å²) in [5.74, 6) is 0.996. The van der Waals surface area contributed by atoms with Crippen LogP contribution in [0.1, 0.15) is 329 Å². The first-order chi connectivity index (χ1) is 50.3. The molecule has 560 valence electrons. The Labute approximate surface area is 618 Å². The number of nitrogens with one attached hydrogen (secondary N) is 3. The Bertz CT molecular complexity index is 3600. The highest BCUT2D eigenvalue weighted by molar-refractivity contribution is 6.22. The van der Waals surface area contributed by atoms with Crippen LogP contribution in [0.5, 0.6) is 17.2 Å². The number of aromatic amines is 1. The number of carbonyl (C=O) groups is 3. The van der Waals surface area contributed by atoms with Crippen LogP contribution in [0.2, 0.25) is 0 Å². The second-order valence-electron chi connectivity index (χ2n) is 30.0. The Hall–Kier alpha value is -7.67. The summed E-state index contributed by atoms with van der Waals surface area (Å²) in [5, 5.41) is 21.8. The van der Waals surface area contributed by atoms with Crippen molar-refractivity contribution >= 4 is 56.3 Å². The number of piperidine rings is 1. The first kappa shape index (κ1) is 81.0. The van der Waals surface area contributed by atoms with Gasteiger partial charge in [0.15, 0.2) is 11.5 Å². The molecule has 2 heterocycles. The number of aromatic nitrogens is 1. The lowest BCUT2D eigenvalue weighted by atomic mass is 9.66. The summed E-state index contributed by atoms with van der Waals surface area (Å²) in [6, 6.07) is 32.0. The number of anilines is 2. The summed E-state index contributed by atoms with van der Waals surface area (Å²) in [7, 11) is 0. The van der Waals surface area contributed by atoms with E-state index in [9.17, 15) is 19.7 Å². The Morgan fingerprint density at radius 1 is 0.456 bits per heavy atom. The number of aryl methyl sites for hydroxylation is 4. The van der Waals surface area contributed by atoms with Crippen molar-refractivity contribution in [2.24, 2.45) is 0 Å². The van der Waals surface area contributed by atoms with Gasteiger partial charge in [0.25, 0.3) is 23.4 Å². The number of nitrogens with zero attached hydrogens (tertiary/aromatic N) is 2. The van der Waals surface area contributed by atoms with Gasteiger partial charge in [-0.25, -0.2) is 0 Å². The first-order valence-electron chi connectivity index (χ1n) is 40.7. The van der Waals surface area contributed by atoms with E-state index in [1.807, 2.05) is 67.3 Å². The van der Waals surface area contributed by atoms with Crippen molar-refractivity contribution in [2.75, 3.05) is 43.5 Å². The second-order valence-corrected chi connectivity index (χ2v) is 30.0. The molecule has 1 fully saturated rings. The summed E-state index contributed by atoms with van der Waals surface area (Å²) >= 11 is 0. The Kier molecular flexibility index (Phi) is 34.8. The predicted octanol–water partition coefficient (Wildman–Crippen LogP) is 25.4. The third-order valence-electron chi connectivity index (χ3n) is 21.7. The lowest BCUT2D eigenvalue weighted by Gasteiger charge is -2.44. The molecule has 0 aliphatic carbocycles. The van der Waals surface area contributed by atoms with Gasteiger partial charge in [0.1, 0.15) is 5.69 Å². The van der Waals surface area contributed by atoms with Gasteiger partial charge in [-0.2, -0.15) is 0 Å². The standard InChI is InChI=1S/C90H127N5O8/c1-8-11-14-17-20-23-26-29-32-35-38-45-56-101-81-64-74(65-82(102-57-46-39-36-33-30-27-24-21-18-15-12-9-2)86(81)103-58-47-40-37-34-31-28-25-22-19-16-13-10-3)89(98)94-54-52-90(53-55-94,75-59-68(4)84(69(5)60-75)92-87(96)80-66-77(67-91-80)95(99)100)76-61-70(6)85(71(7)62-76)93-88(97)83-78-50-43-41-48-72(78)63-73-49-42-44-51-79(73)83/h41-44,48-51,59-67,91H,8-40,45-47,52-58H2,1-7H3,(H,92,96)(H,93,97). The van der Waals surface area contributed by atoms with Gasteiger partial charge >= 0.3 is 0 Å². The van der Waals surface area contributed by atoms with E-state index in [2.05, 4.69) is 92.7 Å². The van der Waals surface area contributed by atoms with E-state index in [0.29, 0.717) is 79.8 Å². The van der Waals surface area contributed by atoms with Crippen molar-refractivity contribution < 1.29 is 33.5 Å². The smallest absolute Gasteiger partial charge is 0.287 e. The zero-order chi connectivity index (χ0) is 73.0. The minimum absolute atomic E-state index is 0.0865. The van der Waals surface area contributed by atoms with Crippen LogP contribution in [0.25, 0.3) is 21.5 Å². The number of amides is 3. The van der Waals surface area contributed by atoms with E-state index in [-0.39, 0.29) is 23.2 Å². The molecule has 13 nitrogen and oxygen atoms in total. The zero-order valence-corrected chi connectivity index (χ0v) is 64.4. The van der Waals surface area contributed by atoms with E-state index in [1.54, 1.807) is 0 Å². The highest BCUT2D eigenvalue weighted by Crippen LogP contribution is 2.47. The molecule has 103 heavy (non-hydrogen) atoms. The van der Waals surface area contributed by atoms with Crippen molar-refractivity contribution in [3.05, 3.63) is 164 Å². The van der Waals surface area contributed by atoms with Gasteiger partial charge in [-0.1, -0.05) is 305 Å². The highest BCUT2D eigenvalue weighted by Gasteiger charge is 2.41.